The lowest BCUT2D eigenvalue weighted by Crippen LogP contribution is -2.17. The Morgan fingerprint density at radius 1 is 1.35 bits per heavy atom. The lowest BCUT2D eigenvalue weighted by Gasteiger charge is -2.09. The minimum Gasteiger partial charge on any atom is -0.406 e. The highest BCUT2D eigenvalue weighted by atomic mass is 19.4. The van der Waals surface area contributed by atoms with E-state index in [0.29, 0.717) is 17.6 Å². The first-order valence-corrected chi connectivity index (χ1v) is 4.95. The van der Waals surface area contributed by atoms with Crippen LogP contribution in [0.4, 0.5) is 13.2 Å². The monoisotopic (exact) mass is 242 g/mol. The Balaban J connectivity index is 2.27. The van der Waals surface area contributed by atoms with Gasteiger partial charge in [-0.1, -0.05) is 6.07 Å². The molecular weight excluding hydrogens is 233 g/mol. The summed E-state index contributed by atoms with van der Waals surface area (Å²) >= 11 is 0. The molecule has 1 aromatic rings. The van der Waals surface area contributed by atoms with Gasteiger partial charge in [-0.3, -0.25) is 4.79 Å². The third-order valence-electron chi connectivity index (χ3n) is 2.51. The summed E-state index contributed by atoms with van der Waals surface area (Å²) in [6, 6.07) is 4.09. The molecule has 0 unspecified atom stereocenters. The van der Waals surface area contributed by atoms with Gasteiger partial charge in [0.25, 0.3) is 0 Å². The summed E-state index contributed by atoms with van der Waals surface area (Å²) in [4.78, 5) is 11.1. The maximum Gasteiger partial charge on any atom is 0.573 e. The number of allylic oxidation sites excluding steroid dienone is 1. The maximum absolute atomic E-state index is 12.0. The van der Waals surface area contributed by atoms with E-state index in [0.717, 1.165) is 5.56 Å². The van der Waals surface area contributed by atoms with Gasteiger partial charge in [-0.25, -0.2) is 0 Å². The van der Waals surface area contributed by atoms with Crippen molar-refractivity contribution in [3.8, 4) is 5.75 Å². The number of carbonyl (C=O) groups excluding carboxylic acids is 1. The summed E-state index contributed by atoms with van der Waals surface area (Å²) in [5.74, 6) is -0.336. The zero-order valence-corrected chi connectivity index (χ0v) is 8.97. The number of halogens is 3. The second-order valence-corrected chi connectivity index (χ2v) is 3.81. The number of alkyl halides is 3. The number of hydrogen-bond acceptors (Lipinski definition) is 2. The molecule has 0 bridgehead atoms. The van der Waals surface area contributed by atoms with Crippen molar-refractivity contribution >= 4 is 11.9 Å². The van der Waals surface area contributed by atoms with Gasteiger partial charge in [0.05, 0.1) is 0 Å². The van der Waals surface area contributed by atoms with Crippen LogP contribution in [0.5, 0.6) is 5.75 Å². The van der Waals surface area contributed by atoms with Crippen molar-refractivity contribution < 1.29 is 22.7 Å². The van der Waals surface area contributed by atoms with E-state index in [1.807, 2.05) is 0 Å². The largest absolute Gasteiger partial charge is 0.573 e. The number of fused-ring (bicyclic) bond motifs is 1. The van der Waals surface area contributed by atoms with Crippen LogP contribution in [0.2, 0.25) is 0 Å². The normalized spacial score (nSPS) is 14.2. The molecule has 0 amide bonds. The molecule has 2 rings (SSSR count). The van der Waals surface area contributed by atoms with Gasteiger partial charge in [0.1, 0.15) is 5.75 Å². The Bertz CT molecular complexity index is 501. The van der Waals surface area contributed by atoms with Gasteiger partial charge in [0.15, 0.2) is 5.78 Å². The third kappa shape index (κ3) is 2.67. The first-order valence-electron chi connectivity index (χ1n) is 4.95. The molecule has 0 heterocycles. The van der Waals surface area contributed by atoms with Crippen LogP contribution in [0.3, 0.4) is 0 Å². The van der Waals surface area contributed by atoms with E-state index >= 15 is 0 Å². The van der Waals surface area contributed by atoms with Gasteiger partial charge in [0.2, 0.25) is 0 Å². The SMILES string of the molecule is CC(=O)C1=Cc2cc(OC(F)(F)F)ccc2C1. The molecule has 2 nitrogen and oxygen atoms in total. The van der Waals surface area contributed by atoms with Gasteiger partial charge in [-0.15, -0.1) is 13.2 Å². The Hall–Kier alpha value is -1.78. The molecule has 0 atom stereocenters. The fraction of sp³-hybridized carbons (Fsp3) is 0.250. The second-order valence-electron chi connectivity index (χ2n) is 3.81. The number of Topliss-reactive ketones (excluding diaryl/α,β-unsaturated/α-hetero) is 1. The Kier molecular flexibility index (Phi) is 2.69. The van der Waals surface area contributed by atoms with E-state index in [-0.39, 0.29) is 11.5 Å². The molecule has 0 aromatic heterocycles. The van der Waals surface area contributed by atoms with Crippen LogP contribution in [-0.4, -0.2) is 12.1 Å². The van der Waals surface area contributed by atoms with Crippen molar-refractivity contribution in [2.45, 2.75) is 19.7 Å². The predicted octanol–water partition coefficient (Wildman–Crippen LogP) is 3.11. The second kappa shape index (κ2) is 3.91. The fourth-order valence-electron chi connectivity index (χ4n) is 1.74. The number of benzene rings is 1. The quantitative estimate of drug-likeness (QED) is 0.796. The standard InChI is InChI=1S/C12H9F3O2/c1-7(16)9-4-8-2-3-11(6-10(8)5-9)17-12(13,14)15/h2-3,5-6H,4H2,1H3. The molecule has 5 heteroatoms. The van der Waals surface area contributed by atoms with Gasteiger partial charge in [-0.2, -0.15) is 0 Å². The molecule has 0 fully saturated rings. The number of rotatable bonds is 2. The van der Waals surface area contributed by atoms with Gasteiger partial charge in [-0.05, 0) is 41.8 Å². The molecule has 0 radical (unpaired) electrons. The molecule has 90 valence electrons. The van der Waals surface area contributed by atoms with Crippen LogP contribution in [0, 0.1) is 0 Å². The molecule has 0 spiro atoms. The number of ketones is 1. The smallest absolute Gasteiger partial charge is 0.406 e. The Labute approximate surface area is 95.7 Å². The van der Waals surface area contributed by atoms with Gasteiger partial charge in [0, 0.05) is 6.42 Å². The summed E-state index contributed by atoms with van der Waals surface area (Å²) in [5.41, 5.74) is 2.05. The zero-order chi connectivity index (χ0) is 12.6. The Morgan fingerprint density at radius 2 is 2.06 bits per heavy atom. The molecule has 0 N–H and O–H groups in total. The first kappa shape index (κ1) is 11.7. The van der Waals surface area contributed by atoms with E-state index < -0.39 is 6.36 Å². The van der Waals surface area contributed by atoms with Crippen LogP contribution in [0.25, 0.3) is 6.08 Å². The average Bonchev–Trinajstić information content (AvgIpc) is 2.57. The molecule has 0 saturated carbocycles. The third-order valence-corrected chi connectivity index (χ3v) is 2.51. The van der Waals surface area contributed by atoms with Crippen LogP contribution in [0.15, 0.2) is 23.8 Å². The molecule has 1 aliphatic rings. The van der Waals surface area contributed by atoms with Crippen molar-refractivity contribution in [3.63, 3.8) is 0 Å². The van der Waals surface area contributed by atoms with E-state index in [2.05, 4.69) is 4.74 Å². The predicted molar refractivity (Wildman–Crippen MR) is 55.5 cm³/mol. The van der Waals surface area contributed by atoms with Crippen molar-refractivity contribution in [2.24, 2.45) is 0 Å². The highest BCUT2D eigenvalue weighted by Gasteiger charge is 2.31. The summed E-state index contributed by atoms with van der Waals surface area (Å²) in [6.07, 6.45) is -2.63. The summed E-state index contributed by atoms with van der Waals surface area (Å²) in [5, 5.41) is 0. The minimum atomic E-state index is -4.69. The van der Waals surface area contributed by atoms with Crippen LogP contribution >= 0.6 is 0 Å². The van der Waals surface area contributed by atoms with Crippen molar-refractivity contribution in [2.75, 3.05) is 0 Å². The molecule has 17 heavy (non-hydrogen) atoms. The molecule has 1 aliphatic carbocycles. The number of hydrogen-bond donors (Lipinski definition) is 0. The van der Waals surface area contributed by atoms with E-state index in [1.165, 1.54) is 19.1 Å². The lowest BCUT2D eigenvalue weighted by atomic mass is 10.1. The van der Waals surface area contributed by atoms with Crippen LogP contribution < -0.4 is 4.74 Å². The molecule has 0 aliphatic heterocycles. The molecule has 1 aromatic carbocycles. The van der Waals surface area contributed by atoms with E-state index in [4.69, 9.17) is 0 Å². The van der Waals surface area contributed by atoms with Gasteiger partial charge < -0.3 is 4.74 Å². The van der Waals surface area contributed by atoms with Crippen molar-refractivity contribution in [1.29, 1.82) is 0 Å². The topological polar surface area (TPSA) is 26.3 Å². The maximum atomic E-state index is 12.0. The molecular formula is C12H9F3O2. The highest BCUT2D eigenvalue weighted by molar-refractivity contribution is 6.00. The summed E-state index contributed by atoms with van der Waals surface area (Å²) in [6.45, 7) is 1.44. The van der Waals surface area contributed by atoms with Crippen molar-refractivity contribution in [3.05, 3.63) is 34.9 Å². The summed E-state index contributed by atoms with van der Waals surface area (Å²) in [7, 11) is 0. The number of ether oxygens (including phenoxy) is 1. The van der Waals surface area contributed by atoms with Crippen LogP contribution in [-0.2, 0) is 11.2 Å². The minimum absolute atomic E-state index is 0.0699. The molecule has 0 saturated heterocycles. The lowest BCUT2D eigenvalue weighted by molar-refractivity contribution is -0.274. The van der Waals surface area contributed by atoms with Crippen molar-refractivity contribution in [1.82, 2.24) is 0 Å². The summed E-state index contributed by atoms with van der Waals surface area (Å²) < 4.78 is 39.8. The first-order chi connectivity index (χ1) is 7.85. The highest BCUT2D eigenvalue weighted by Crippen LogP contribution is 2.31. The number of carbonyl (C=O) groups is 1. The van der Waals surface area contributed by atoms with E-state index in [1.54, 1.807) is 12.1 Å². The van der Waals surface area contributed by atoms with Crippen LogP contribution in [0.1, 0.15) is 18.1 Å². The zero-order valence-electron chi connectivity index (χ0n) is 8.97. The average molecular weight is 242 g/mol. The fourth-order valence-corrected chi connectivity index (χ4v) is 1.74. The van der Waals surface area contributed by atoms with Gasteiger partial charge >= 0.3 is 6.36 Å². The Morgan fingerprint density at radius 3 is 2.65 bits per heavy atom. The van der Waals surface area contributed by atoms with E-state index in [9.17, 15) is 18.0 Å².